The lowest BCUT2D eigenvalue weighted by Crippen LogP contribution is -2.38. The predicted octanol–water partition coefficient (Wildman–Crippen LogP) is 1.93. The van der Waals surface area contributed by atoms with Crippen LogP contribution in [0.5, 0.6) is 0 Å². The predicted molar refractivity (Wildman–Crippen MR) is 74.4 cm³/mol. The third-order valence-electron chi connectivity index (χ3n) is 4.14. The Kier molecular flexibility index (Phi) is 4.55. The average Bonchev–Trinajstić information content (AvgIpc) is 2.73. The SMILES string of the molecule is NC(=O)C(F)(F)F.O=C1CC2(CCNCC2)c2ccccc21. The van der Waals surface area contributed by atoms with E-state index in [0.29, 0.717) is 5.78 Å². The van der Waals surface area contributed by atoms with E-state index in [1.807, 2.05) is 12.1 Å². The van der Waals surface area contributed by atoms with Crippen LogP contribution in [0, 0.1) is 0 Å². The van der Waals surface area contributed by atoms with Gasteiger partial charge in [-0.25, -0.2) is 0 Å². The molecule has 1 aliphatic carbocycles. The molecule has 0 bridgehead atoms. The second-order valence-corrected chi connectivity index (χ2v) is 5.54. The quantitative estimate of drug-likeness (QED) is 0.768. The van der Waals surface area contributed by atoms with Crippen LogP contribution >= 0.6 is 0 Å². The number of carbonyl (C=O) groups is 2. The first-order chi connectivity index (χ1) is 10.3. The summed E-state index contributed by atoms with van der Waals surface area (Å²) in [5, 5.41) is 3.37. The van der Waals surface area contributed by atoms with Crippen LogP contribution in [0.2, 0.25) is 0 Å². The van der Waals surface area contributed by atoms with Gasteiger partial charge in [0.15, 0.2) is 5.78 Å². The minimum absolute atomic E-state index is 0.166. The van der Waals surface area contributed by atoms with Gasteiger partial charge in [-0.15, -0.1) is 0 Å². The van der Waals surface area contributed by atoms with E-state index in [-0.39, 0.29) is 5.41 Å². The van der Waals surface area contributed by atoms with E-state index in [0.717, 1.165) is 37.9 Å². The number of halogens is 3. The largest absolute Gasteiger partial charge is 0.470 e. The second kappa shape index (κ2) is 6.08. The van der Waals surface area contributed by atoms with Gasteiger partial charge in [0, 0.05) is 17.4 Å². The van der Waals surface area contributed by atoms with E-state index < -0.39 is 12.1 Å². The molecule has 7 heteroatoms. The Morgan fingerprint density at radius 2 is 1.73 bits per heavy atom. The maximum absolute atomic E-state index is 11.9. The Balaban J connectivity index is 0.000000217. The van der Waals surface area contributed by atoms with Crippen molar-refractivity contribution in [2.24, 2.45) is 5.73 Å². The number of hydrogen-bond acceptors (Lipinski definition) is 3. The number of hydrogen-bond donors (Lipinski definition) is 2. The lowest BCUT2D eigenvalue weighted by atomic mass is 9.74. The van der Waals surface area contributed by atoms with E-state index >= 15 is 0 Å². The minimum atomic E-state index is -4.86. The summed E-state index contributed by atoms with van der Waals surface area (Å²) >= 11 is 0. The van der Waals surface area contributed by atoms with Crippen LogP contribution in [-0.4, -0.2) is 31.0 Å². The van der Waals surface area contributed by atoms with Crippen molar-refractivity contribution in [2.75, 3.05) is 13.1 Å². The van der Waals surface area contributed by atoms with E-state index in [1.165, 1.54) is 5.56 Å². The summed E-state index contributed by atoms with van der Waals surface area (Å²) < 4.78 is 32.1. The minimum Gasteiger partial charge on any atom is -0.362 e. The summed E-state index contributed by atoms with van der Waals surface area (Å²) in [6, 6.07) is 8.15. The fourth-order valence-corrected chi connectivity index (χ4v) is 3.04. The number of piperidine rings is 1. The Labute approximate surface area is 125 Å². The lowest BCUT2D eigenvalue weighted by molar-refractivity contribution is -0.169. The van der Waals surface area contributed by atoms with Crippen LogP contribution in [0.4, 0.5) is 13.2 Å². The molecule has 0 radical (unpaired) electrons. The summed E-state index contributed by atoms with van der Waals surface area (Å²) in [6.45, 7) is 2.09. The summed E-state index contributed by atoms with van der Waals surface area (Å²) in [7, 11) is 0. The van der Waals surface area contributed by atoms with Gasteiger partial charge < -0.3 is 11.1 Å². The molecule has 120 valence electrons. The first-order valence-electron chi connectivity index (χ1n) is 6.96. The van der Waals surface area contributed by atoms with Crippen LogP contribution in [-0.2, 0) is 10.2 Å². The zero-order chi connectivity index (χ0) is 16.4. The number of rotatable bonds is 0. The van der Waals surface area contributed by atoms with Crippen molar-refractivity contribution >= 4 is 11.7 Å². The first-order valence-corrected chi connectivity index (χ1v) is 6.96. The molecule has 2 aliphatic rings. The van der Waals surface area contributed by atoms with Crippen molar-refractivity contribution in [1.82, 2.24) is 5.32 Å². The topological polar surface area (TPSA) is 72.2 Å². The molecule has 4 nitrogen and oxygen atoms in total. The van der Waals surface area contributed by atoms with Crippen LogP contribution in [0.3, 0.4) is 0 Å². The molecule has 0 saturated carbocycles. The van der Waals surface area contributed by atoms with Gasteiger partial charge in [-0.05, 0) is 31.5 Å². The highest BCUT2D eigenvalue weighted by atomic mass is 19.4. The third kappa shape index (κ3) is 3.30. The molecule has 1 saturated heterocycles. The van der Waals surface area contributed by atoms with E-state index in [1.54, 1.807) is 0 Å². The van der Waals surface area contributed by atoms with Crippen LogP contribution in [0.1, 0.15) is 35.2 Å². The van der Waals surface area contributed by atoms with Gasteiger partial charge in [0.05, 0.1) is 0 Å². The maximum atomic E-state index is 11.9. The van der Waals surface area contributed by atoms with Gasteiger partial charge >= 0.3 is 12.1 Å². The monoisotopic (exact) mass is 314 g/mol. The summed E-state index contributed by atoms with van der Waals surface area (Å²) in [6.07, 6.45) is -1.92. The van der Waals surface area contributed by atoms with Crippen molar-refractivity contribution in [3.05, 3.63) is 35.4 Å². The molecule has 1 aromatic carbocycles. The molecular weight excluding hydrogens is 297 g/mol. The molecular formula is C15H17F3N2O2. The number of fused-ring (bicyclic) bond motifs is 2. The Hall–Kier alpha value is -1.89. The second-order valence-electron chi connectivity index (χ2n) is 5.54. The average molecular weight is 314 g/mol. The maximum Gasteiger partial charge on any atom is 0.470 e. The Morgan fingerprint density at radius 1 is 1.18 bits per heavy atom. The molecule has 1 spiro atoms. The number of nitrogens with two attached hydrogens (primary N) is 1. The molecule has 3 N–H and O–H groups in total. The summed E-state index contributed by atoms with van der Waals surface area (Å²) in [5.74, 6) is -1.92. The zero-order valence-corrected chi connectivity index (χ0v) is 11.9. The van der Waals surface area contributed by atoms with Crippen LogP contribution < -0.4 is 11.1 Å². The fourth-order valence-electron chi connectivity index (χ4n) is 3.04. The van der Waals surface area contributed by atoms with Crippen molar-refractivity contribution < 1.29 is 22.8 Å². The lowest BCUT2D eigenvalue weighted by Gasteiger charge is -2.34. The molecule has 3 rings (SSSR count). The van der Waals surface area contributed by atoms with Crippen molar-refractivity contribution in [1.29, 1.82) is 0 Å². The van der Waals surface area contributed by atoms with Gasteiger partial charge in [0.25, 0.3) is 0 Å². The van der Waals surface area contributed by atoms with E-state index in [9.17, 15) is 18.0 Å². The van der Waals surface area contributed by atoms with Crippen LogP contribution in [0.15, 0.2) is 24.3 Å². The van der Waals surface area contributed by atoms with Gasteiger partial charge in [-0.3, -0.25) is 9.59 Å². The number of amides is 1. The smallest absolute Gasteiger partial charge is 0.362 e. The molecule has 22 heavy (non-hydrogen) atoms. The van der Waals surface area contributed by atoms with Crippen LogP contribution in [0.25, 0.3) is 0 Å². The normalized spacial score (nSPS) is 19.3. The zero-order valence-electron chi connectivity index (χ0n) is 11.9. The number of carbonyl (C=O) groups excluding carboxylic acids is 2. The summed E-state index contributed by atoms with van der Waals surface area (Å²) in [4.78, 5) is 21.0. The number of benzene rings is 1. The third-order valence-corrected chi connectivity index (χ3v) is 4.14. The summed E-state index contributed by atoms with van der Waals surface area (Å²) in [5.41, 5.74) is 6.25. The molecule has 0 unspecified atom stereocenters. The molecule has 1 amide bonds. The molecule has 1 heterocycles. The molecule has 1 aromatic rings. The Bertz CT molecular complexity index is 578. The van der Waals surface area contributed by atoms with E-state index in [2.05, 4.69) is 23.2 Å². The number of nitrogens with one attached hydrogen (secondary N) is 1. The Morgan fingerprint density at radius 3 is 2.27 bits per heavy atom. The van der Waals surface area contributed by atoms with Gasteiger partial charge in [-0.1, -0.05) is 24.3 Å². The number of alkyl halides is 3. The molecule has 0 aromatic heterocycles. The number of ketones is 1. The van der Waals surface area contributed by atoms with Crippen molar-refractivity contribution in [3.63, 3.8) is 0 Å². The highest BCUT2D eigenvalue weighted by Gasteiger charge is 2.43. The van der Waals surface area contributed by atoms with Crippen molar-refractivity contribution in [2.45, 2.75) is 30.9 Å². The van der Waals surface area contributed by atoms with Crippen molar-refractivity contribution in [3.8, 4) is 0 Å². The van der Waals surface area contributed by atoms with Gasteiger partial charge in [0.1, 0.15) is 0 Å². The molecule has 1 aliphatic heterocycles. The first kappa shape index (κ1) is 16.5. The number of primary amides is 1. The fraction of sp³-hybridized carbons (Fsp3) is 0.467. The number of Topliss-reactive ketones (excluding diaryl/α,β-unsaturated/α-hetero) is 1. The van der Waals surface area contributed by atoms with Gasteiger partial charge in [-0.2, -0.15) is 13.2 Å². The molecule has 1 fully saturated rings. The van der Waals surface area contributed by atoms with Gasteiger partial charge in [0.2, 0.25) is 0 Å². The highest BCUT2D eigenvalue weighted by molar-refractivity contribution is 6.02. The molecule has 0 atom stereocenters. The highest BCUT2D eigenvalue weighted by Crippen LogP contribution is 2.44. The standard InChI is InChI=1S/C13H15NO.C2H2F3NO/c15-12-9-13(5-7-14-8-6-13)11-4-2-1-3-10(11)12;3-2(4,5)1(6)7/h1-4,14H,5-9H2;(H2,6,7). The van der Waals surface area contributed by atoms with E-state index in [4.69, 9.17) is 4.79 Å².